The van der Waals surface area contributed by atoms with Crippen LogP contribution in [0, 0.1) is 0 Å². The Kier molecular flexibility index (Phi) is 3.56. The third-order valence-electron chi connectivity index (χ3n) is 2.68. The van der Waals surface area contributed by atoms with Gasteiger partial charge in [0, 0.05) is 24.1 Å². The molecular formula is C14H15N3O2. The summed E-state index contributed by atoms with van der Waals surface area (Å²) < 4.78 is 0. The molecule has 0 aliphatic heterocycles. The van der Waals surface area contributed by atoms with Crippen LogP contribution in [0.3, 0.4) is 0 Å². The second-order valence-electron chi connectivity index (χ2n) is 4.13. The Bertz CT molecular complexity index is 581. The largest absolute Gasteiger partial charge is 0.508 e. The number of urea groups is 1. The monoisotopic (exact) mass is 257 g/mol. The van der Waals surface area contributed by atoms with Gasteiger partial charge >= 0.3 is 6.03 Å². The number of nitrogens with zero attached hydrogens (tertiary/aromatic N) is 1. The van der Waals surface area contributed by atoms with Crippen molar-refractivity contribution in [2.24, 2.45) is 0 Å². The number of carbonyl (C=O) groups excluding carboxylic acids is 1. The van der Waals surface area contributed by atoms with Crippen LogP contribution >= 0.6 is 0 Å². The van der Waals surface area contributed by atoms with Crippen LogP contribution in [0.5, 0.6) is 5.75 Å². The van der Waals surface area contributed by atoms with Crippen LogP contribution < -0.4 is 16.0 Å². The number of nitrogen functional groups attached to an aromatic ring is 1. The van der Waals surface area contributed by atoms with E-state index in [0.717, 1.165) is 0 Å². The molecule has 2 aromatic rings. The molecule has 0 saturated heterocycles. The van der Waals surface area contributed by atoms with Crippen molar-refractivity contribution in [2.45, 2.75) is 0 Å². The van der Waals surface area contributed by atoms with Gasteiger partial charge in [-0.15, -0.1) is 0 Å². The highest BCUT2D eigenvalue weighted by Gasteiger charge is 2.10. The maximum atomic E-state index is 12.0. The van der Waals surface area contributed by atoms with Gasteiger partial charge in [-0.3, -0.25) is 4.90 Å². The number of anilines is 3. The Morgan fingerprint density at radius 1 is 1.21 bits per heavy atom. The minimum absolute atomic E-state index is 0.161. The van der Waals surface area contributed by atoms with E-state index in [1.54, 1.807) is 43.4 Å². The van der Waals surface area contributed by atoms with E-state index in [-0.39, 0.29) is 11.8 Å². The second kappa shape index (κ2) is 5.30. The number of nitrogens with one attached hydrogen (secondary N) is 1. The fourth-order valence-electron chi connectivity index (χ4n) is 1.62. The maximum Gasteiger partial charge on any atom is 0.326 e. The van der Waals surface area contributed by atoms with Gasteiger partial charge in [0.1, 0.15) is 5.75 Å². The molecule has 2 rings (SSSR count). The van der Waals surface area contributed by atoms with Crippen molar-refractivity contribution in [3.05, 3.63) is 48.5 Å². The van der Waals surface area contributed by atoms with Gasteiger partial charge in [0.15, 0.2) is 0 Å². The Labute approximate surface area is 111 Å². The zero-order valence-corrected chi connectivity index (χ0v) is 10.5. The summed E-state index contributed by atoms with van der Waals surface area (Å²) in [4.78, 5) is 13.5. The van der Waals surface area contributed by atoms with Crippen LogP contribution in [0.15, 0.2) is 48.5 Å². The summed E-state index contributed by atoms with van der Waals surface area (Å²) in [7, 11) is 1.65. The first-order valence-electron chi connectivity index (χ1n) is 5.75. The lowest BCUT2D eigenvalue weighted by Crippen LogP contribution is -2.31. The van der Waals surface area contributed by atoms with E-state index in [4.69, 9.17) is 5.73 Å². The molecule has 2 amide bonds. The predicted molar refractivity (Wildman–Crippen MR) is 76.4 cm³/mol. The van der Waals surface area contributed by atoms with E-state index in [0.29, 0.717) is 17.1 Å². The lowest BCUT2D eigenvalue weighted by atomic mass is 10.3. The third kappa shape index (κ3) is 3.16. The Balaban J connectivity index is 2.09. The predicted octanol–water partition coefficient (Wildman–Crippen LogP) is 2.64. The summed E-state index contributed by atoms with van der Waals surface area (Å²) in [5, 5.41) is 11.9. The first-order chi connectivity index (χ1) is 9.06. The molecule has 0 aliphatic rings. The highest BCUT2D eigenvalue weighted by Crippen LogP contribution is 2.19. The molecule has 0 bridgehead atoms. The molecule has 4 N–H and O–H groups in total. The van der Waals surface area contributed by atoms with Gasteiger partial charge in [-0.05, 0) is 42.5 Å². The summed E-state index contributed by atoms with van der Waals surface area (Å²) in [6, 6.07) is 13.1. The van der Waals surface area contributed by atoms with E-state index >= 15 is 0 Å². The maximum absolute atomic E-state index is 12.0. The Morgan fingerprint density at radius 3 is 2.53 bits per heavy atom. The standard InChI is InChI=1S/C14H15N3O2/c1-17(12-5-7-13(18)8-6-12)14(19)16-11-4-2-3-10(15)9-11/h2-9,18H,15H2,1H3,(H,16,19). The first-order valence-corrected chi connectivity index (χ1v) is 5.75. The van der Waals surface area contributed by atoms with Gasteiger partial charge < -0.3 is 16.2 Å². The molecule has 19 heavy (non-hydrogen) atoms. The minimum Gasteiger partial charge on any atom is -0.508 e. The Hall–Kier alpha value is -2.69. The quantitative estimate of drug-likeness (QED) is 0.724. The van der Waals surface area contributed by atoms with Gasteiger partial charge in [-0.2, -0.15) is 0 Å². The normalized spacial score (nSPS) is 9.95. The number of carbonyl (C=O) groups is 1. The average Bonchev–Trinajstić information content (AvgIpc) is 2.39. The molecule has 0 radical (unpaired) electrons. The number of phenols is 1. The topological polar surface area (TPSA) is 78.6 Å². The fourth-order valence-corrected chi connectivity index (χ4v) is 1.62. The molecule has 0 atom stereocenters. The molecule has 0 heterocycles. The van der Waals surface area contributed by atoms with Crippen LogP contribution in [0.1, 0.15) is 0 Å². The number of amides is 2. The number of nitrogens with two attached hydrogens (primary N) is 1. The van der Waals surface area contributed by atoms with Crippen molar-refractivity contribution in [1.29, 1.82) is 0 Å². The van der Waals surface area contributed by atoms with Crippen LogP contribution in [-0.4, -0.2) is 18.2 Å². The molecule has 0 saturated carbocycles. The SMILES string of the molecule is CN(C(=O)Nc1cccc(N)c1)c1ccc(O)cc1. The number of hydrogen-bond acceptors (Lipinski definition) is 3. The van der Waals surface area contributed by atoms with Gasteiger partial charge in [0.25, 0.3) is 0 Å². The molecular weight excluding hydrogens is 242 g/mol. The molecule has 5 nitrogen and oxygen atoms in total. The summed E-state index contributed by atoms with van der Waals surface area (Å²) >= 11 is 0. The van der Waals surface area contributed by atoms with Crippen molar-refractivity contribution >= 4 is 23.1 Å². The molecule has 5 heteroatoms. The van der Waals surface area contributed by atoms with Crippen LogP contribution in [-0.2, 0) is 0 Å². The average molecular weight is 257 g/mol. The van der Waals surface area contributed by atoms with Crippen LogP contribution in [0.25, 0.3) is 0 Å². The number of hydrogen-bond donors (Lipinski definition) is 3. The van der Waals surface area contributed by atoms with Gasteiger partial charge in [0.05, 0.1) is 0 Å². The van der Waals surface area contributed by atoms with E-state index in [1.807, 2.05) is 0 Å². The zero-order valence-electron chi connectivity index (χ0n) is 10.5. The number of phenolic OH excluding ortho intramolecular Hbond substituents is 1. The molecule has 98 valence electrons. The summed E-state index contributed by atoms with van der Waals surface area (Å²) in [6.07, 6.45) is 0. The van der Waals surface area contributed by atoms with Gasteiger partial charge in [-0.1, -0.05) is 6.07 Å². The summed E-state index contributed by atoms with van der Waals surface area (Å²) in [5.74, 6) is 0.161. The van der Waals surface area contributed by atoms with Crippen molar-refractivity contribution in [2.75, 3.05) is 23.0 Å². The van der Waals surface area contributed by atoms with Gasteiger partial charge in [0.2, 0.25) is 0 Å². The summed E-state index contributed by atoms with van der Waals surface area (Å²) in [5.41, 5.74) is 7.55. The van der Waals surface area contributed by atoms with Crippen LogP contribution in [0.2, 0.25) is 0 Å². The van der Waals surface area contributed by atoms with Crippen molar-refractivity contribution in [3.63, 3.8) is 0 Å². The molecule has 0 aromatic heterocycles. The van der Waals surface area contributed by atoms with Crippen molar-refractivity contribution < 1.29 is 9.90 Å². The number of aromatic hydroxyl groups is 1. The lowest BCUT2D eigenvalue weighted by Gasteiger charge is -2.18. The van der Waals surface area contributed by atoms with Crippen molar-refractivity contribution in [3.8, 4) is 5.75 Å². The third-order valence-corrected chi connectivity index (χ3v) is 2.68. The fraction of sp³-hybridized carbons (Fsp3) is 0.0714. The first kappa shape index (κ1) is 12.8. The molecule has 0 aliphatic carbocycles. The second-order valence-corrected chi connectivity index (χ2v) is 4.13. The number of benzene rings is 2. The van der Waals surface area contributed by atoms with Crippen molar-refractivity contribution in [1.82, 2.24) is 0 Å². The molecule has 0 unspecified atom stereocenters. The lowest BCUT2D eigenvalue weighted by molar-refractivity contribution is 0.258. The van der Waals surface area contributed by atoms with E-state index < -0.39 is 0 Å². The van der Waals surface area contributed by atoms with Gasteiger partial charge in [-0.25, -0.2) is 4.79 Å². The molecule has 0 fully saturated rings. The minimum atomic E-state index is -0.281. The smallest absolute Gasteiger partial charge is 0.326 e. The number of rotatable bonds is 2. The van der Waals surface area contributed by atoms with E-state index in [2.05, 4.69) is 5.32 Å². The zero-order chi connectivity index (χ0) is 13.8. The highest BCUT2D eigenvalue weighted by atomic mass is 16.3. The highest BCUT2D eigenvalue weighted by molar-refractivity contribution is 6.01. The van der Waals surface area contributed by atoms with Crippen LogP contribution in [0.4, 0.5) is 21.9 Å². The van der Waals surface area contributed by atoms with E-state index in [9.17, 15) is 9.90 Å². The molecule has 0 spiro atoms. The summed E-state index contributed by atoms with van der Waals surface area (Å²) in [6.45, 7) is 0. The van der Waals surface area contributed by atoms with E-state index in [1.165, 1.54) is 17.0 Å². The Morgan fingerprint density at radius 2 is 1.89 bits per heavy atom. The molecule has 2 aromatic carbocycles.